The summed E-state index contributed by atoms with van der Waals surface area (Å²) >= 11 is 0. The molecule has 0 atom stereocenters. The highest BCUT2D eigenvalue weighted by molar-refractivity contribution is 7.93. The average molecular weight is 677 g/mol. The van der Waals surface area contributed by atoms with Crippen LogP contribution in [-0.2, 0) is 29.6 Å². The summed E-state index contributed by atoms with van der Waals surface area (Å²) in [5.74, 6) is -0.642. The number of aryl methyl sites for hydroxylation is 6. The van der Waals surface area contributed by atoms with Crippen molar-refractivity contribution in [2.45, 2.75) is 70.6 Å². The molecular formula is C35H40N4O6S2. The molecule has 4 rings (SSSR count). The Kier molecular flexibility index (Phi) is 10.8. The molecule has 0 unspecified atom stereocenters. The number of nitrogens with one attached hydrogen (secondary N) is 4. The first kappa shape index (κ1) is 35.2. The molecule has 4 aromatic carbocycles. The molecule has 0 aliphatic rings. The third kappa shape index (κ3) is 9.20. The van der Waals surface area contributed by atoms with E-state index in [1.807, 2.05) is 65.8 Å². The molecule has 4 aromatic rings. The van der Waals surface area contributed by atoms with Crippen molar-refractivity contribution in [1.29, 1.82) is 0 Å². The summed E-state index contributed by atoms with van der Waals surface area (Å²) in [5, 5.41) is 5.43. The van der Waals surface area contributed by atoms with E-state index < -0.39 is 20.0 Å². The number of amides is 2. The van der Waals surface area contributed by atoms with E-state index in [-0.39, 0.29) is 40.9 Å². The van der Waals surface area contributed by atoms with E-state index in [4.69, 9.17) is 0 Å². The van der Waals surface area contributed by atoms with Crippen LogP contribution in [-0.4, -0.2) is 28.6 Å². The summed E-state index contributed by atoms with van der Waals surface area (Å²) in [5.41, 5.74) is 7.32. The van der Waals surface area contributed by atoms with Gasteiger partial charge in [-0.05, 0) is 119 Å². The van der Waals surface area contributed by atoms with Crippen LogP contribution >= 0.6 is 0 Å². The van der Waals surface area contributed by atoms with E-state index >= 15 is 0 Å². The molecule has 0 aliphatic heterocycles. The normalized spacial score (nSPS) is 11.5. The monoisotopic (exact) mass is 676 g/mol. The molecule has 0 bridgehead atoms. The molecule has 0 aliphatic carbocycles. The van der Waals surface area contributed by atoms with Gasteiger partial charge < -0.3 is 10.6 Å². The van der Waals surface area contributed by atoms with Crippen LogP contribution in [0.2, 0.25) is 0 Å². The Morgan fingerprint density at radius 3 is 1.11 bits per heavy atom. The van der Waals surface area contributed by atoms with Crippen molar-refractivity contribution in [3.8, 4) is 0 Å². The lowest BCUT2D eigenvalue weighted by molar-refractivity contribution is -0.117. The first-order valence-electron chi connectivity index (χ1n) is 15.1. The van der Waals surface area contributed by atoms with Crippen LogP contribution in [0.15, 0.2) is 82.6 Å². The molecule has 248 valence electrons. The van der Waals surface area contributed by atoms with E-state index in [0.717, 1.165) is 33.4 Å². The van der Waals surface area contributed by atoms with Crippen molar-refractivity contribution in [1.82, 2.24) is 0 Å². The van der Waals surface area contributed by atoms with Gasteiger partial charge in [-0.15, -0.1) is 0 Å². The lowest BCUT2D eigenvalue weighted by Crippen LogP contribution is -2.16. The van der Waals surface area contributed by atoms with E-state index in [0.29, 0.717) is 22.7 Å². The molecule has 0 heterocycles. The Balaban J connectivity index is 1.24. The van der Waals surface area contributed by atoms with Crippen LogP contribution in [0.3, 0.4) is 0 Å². The first-order valence-corrected chi connectivity index (χ1v) is 18.0. The smallest absolute Gasteiger partial charge is 0.261 e. The van der Waals surface area contributed by atoms with E-state index in [9.17, 15) is 26.4 Å². The van der Waals surface area contributed by atoms with Crippen LogP contribution < -0.4 is 20.1 Å². The van der Waals surface area contributed by atoms with Crippen LogP contribution in [0.5, 0.6) is 0 Å². The van der Waals surface area contributed by atoms with Gasteiger partial charge in [-0.1, -0.05) is 35.4 Å². The molecule has 12 heteroatoms. The van der Waals surface area contributed by atoms with Crippen LogP contribution in [0.1, 0.15) is 52.6 Å². The maximum Gasteiger partial charge on any atom is 0.261 e. The summed E-state index contributed by atoms with van der Waals surface area (Å²) in [6.45, 7) is 11.3. The van der Waals surface area contributed by atoms with Crippen molar-refractivity contribution >= 4 is 54.6 Å². The second-order valence-electron chi connectivity index (χ2n) is 11.8. The van der Waals surface area contributed by atoms with Gasteiger partial charge in [0, 0.05) is 24.2 Å². The van der Waals surface area contributed by atoms with Crippen molar-refractivity contribution in [2.24, 2.45) is 0 Å². The molecule has 0 radical (unpaired) electrons. The highest BCUT2D eigenvalue weighted by atomic mass is 32.2. The Morgan fingerprint density at radius 2 is 0.809 bits per heavy atom. The van der Waals surface area contributed by atoms with Gasteiger partial charge >= 0.3 is 0 Å². The van der Waals surface area contributed by atoms with Crippen molar-refractivity contribution < 1.29 is 26.4 Å². The van der Waals surface area contributed by atoms with E-state index in [2.05, 4.69) is 20.1 Å². The Labute approximate surface area is 277 Å². The van der Waals surface area contributed by atoms with Gasteiger partial charge in [0.1, 0.15) is 0 Å². The molecule has 0 fully saturated rings. The maximum absolute atomic E-state index is 13.0. The highest BCUT2D eigenvalue weighted by Crippen LogP contribution is 2.27. The van der Waals surface area contributed by atoms with Gasteiger partial charge in [0.25, 0.3) is 20.0 Å². The number of anilines is 4. The van der Waals surface area contributed by atoms with E-state index in [1.54, 1.807) is 0 Å². The largest absolute Gasteiger partial charge is 0.326 e. The summed E-state index contributed by atoms with van der Waals surface area (Å²) in [6.07, 6.45) is 0.415. The SMILES string of the molecule is Cc1cc(C)c(NS(=O)(=O)c2ccc(NC(=O)CCCC(=O)Nc3ccc(S(=O)(=O)Nc4c(C)cc(C)cc4C)cc3)cc2)c(C)c1. The number of benzene rings is 4. The number of hydrogen-bond acceptors (Lipinski definition) is 6. The number of rotatable bonds is 12. The van der Waals surface area contributed by atoms with Gasteiger partial charge in [-0.3, -0.25) is 19.0 Å². The molecule has 0 saturated heterocycles. The van der Waals surface area contributed by atoms with Gasteiger partial charge in [-0.25, -0.2) is 16.8 Å². The zero-order valence-corrected chi connectivity index (χ0v) is 28.9. The molecule has 10 nitrogen and oxygen atoms in total. The van der Waals surface area contributed by atoms with Crippen LogP contribution in [0.4, 0.5) is 22.7 Å². The molecule has 47 heavy (non-hydrogen) atoms. The van der Waals surface area contributed by atoms with Crippen LogP contribution in [0, 0.1) is 41.5 Å². The molecule has 0 aromatic heterocycles. The number of carbonyl (C=O) groups is 2. The standard InChI is InChI=1S/C35H40N4O6S2/c1-22-18-24(3)34(25(4)19-22)38-46(42,43)30-14-10-28(11-15-30)36-32(40)8-7-9-33(41)37-29-12-16-31(17-13-29)47(44,45)39-35-26(5)20-23(2)21-27(35)6/h10-21,38-39H,7-9H2,1-6H3,(H,36,40)(H,37,41). The number of carbonyl (C=O) groups excluding carboxylic acids is 2. The fraction of sp³-hybridized carbons (Fsp3) is 0.257. The number of hydrogen-bond donors (Lipinski definition) is 4. The highest BCUT2D eigenvalue weighted by Gasteiger charge is 2.19. The van der Waals surface area contributed by atoms with Crippen molar-refractivity contribution in [3.05, 3.63) is 106 Å². The topological polar surface area (TPSA) is 151 Å². The second-order valence-corrected chi connectivity index (χ2v) is 15.1. The van der Waals surface area contributed by atoms with Crippen molar-refractivity contribution in [3.63, 3.8) is 0 Å². The van der Waals surface area contributed by atoms with Crippen LogP contribution in [0.25, 0.3) is 0 Å². The second kappa shape index (κ2) is 14.4. The minimum atomic E-state index is -3.83. The Bertz CT molecular complexity index is 1830. The molecule has 0 spiro atoms. The van der Waals surface area contributed by atoms with Gasteiger partial charge in [0.15, 0.2) is 0 Å². The Hall–Kier alpha value is -4.68. The van der Waals surface area contributed by atoms with Gasteiger partial charge in [-0.2, -0.15) is 0 Å². The summed E-state index contributed by atoms with van der Waals surface area (Å²) in [4.78, 5) is 25.0. The van der Waals surface area contributed by atoms with Gasteiger partial charge in [0.2, 0.25) is 11.8 Å². The zero-order chi connectivity index (χ0) is 34.5. The molecule has 4 N–H and O–H groups in total. The molecule has 0 saturated carbocycles. The zero-order valence-electron chi connectivity index (χ0n) is 27.3. The predicted molar refractivity (Wildman–Crippen MR) is 187 cm³/mol. The first-order chi connectivity index (χ1) is 22.0. The minimum absolute atomic E-state index is 0.0601. The predicted octanol–water partition coefficient (Wildman–Crippen LogP) is 6.89. The fourth-order valence-electron chi connectivity index (χ4n) is 5.36. The summed E-state index contributed by atoms with van der Waals surface area (Å²) in [6, 6.07) is 19.4. The summed E-state index contributed by atoms with van der Waals surface area (Å²) in [7, 11) is -7.67. The van der Waals surface area contributed by atoms with Crippen molar-refractivity contribution in [2.75, 3.05) is 20.1 Å². The lowest BCUT2D eigenvalue weighted by atomic mass is 10.1. The Morgan fingerprint density at radius 1 is 0.511 bits per heavy atom. The lowest BCUT2D eigenvalue weighted by Gasteiger charge is -2.15. The maximum atomic E-state index is 13.0. The average Bonchev–Trinajstić information content (AvgIpc) is 2.97. The molecular weight excluding hydrogens is 637 g/mol. The summed E-state index contributed by atoms with van der Waals surface area (Å²) < 4.78 is 57.1. The minimum Gasteiger partial charge on any atom is -0.326 e. The fourth-order valence-corrected chi connectivity index (χ4v) is 7.77. The molecule has 2 amide bonds. The quantitative estimate of drug-likeness (QED) is 0.128. The van der Waals surface area contributed by atoms with Gasteiger partial charge in [0.05, 0.1) is 21.2 Å². The van der Waals surface area contributed by atoms with E-state index in [1.165, 1.54) is 48.5 Å². The third-order valence-electron chi connectivity index (χ3n) is 7.53. The number of sulfonamides is 2. The third-order valence-corrected chi connectivity index (χ3v) is 10.3.